The van der Waals surface area contributed by atoms with Crippen LogP contribution >= 0.6 is 0 Å². The zero-order valence-electron chi connectivity index (χ0n) is 11.3. The summed E-state index contributed by atoms with van der Waals surface area (Å²) < 4.78 is 1.06. The molecule has 1 saturated heterocycles. The summed E-state index contributed by atoms with van der Waals surface area (Å²) in [7, 11) is 1.78. The van der Waals surface area contributed by atoms with Gasteiger partial charge in [-0.1, -0.05) is 0 Å². The van der Waals surface area contributed by atoms with Crippen molar-refractivity contribution in [1.82, 2.24) is 5.32 Å². The van der Waals surface area contributed by atoms with Crippen LogP contribution in [0.25, 0.3) is 0 Å². The van der Waals surface area contributed by atoms with Gasteiger partial charge in [-0.05, 0) is 32.6 Å². The SMILES string of the molecule is CC[N+]1(C2(C(=O)NC)CC2)CCCCCC1.[Y]. The maximum atomic E-state index is 12.1. The Balaban J connectivity index is 0.00000144. The molecule has 0 aromatic rings. The Hall–Kier alpha value is 0.534. The van der Waals surface area contributed by atoms with Crippen molar-refractivity contribution in [2.45, 2.75) is 51.0 Å². The van der Waals surface area contributed by atoms with Crippen molar-refractivity contribution in [3.8, 4) is 0 Å². The van der Waals surface area contributed by atoms with Gasteiger partial charge in [0.15, 0.2) is 5.54 Å². The first-order valence-electron chi connectivity index (χ1n) is 6.79. The summed E-state index contributed by atoms with van der Waals surface area (Å²) in [6.07, 6.45) is 7.49. The number of rotatable bonds is 3. The van der Waals surface area contributed by atoms with Crippen LogP contribution in [0.5, 0.6) is 0 Å². The minimum absolute atomic E-state index is 0. The zero-order valence-corrected chi connectivity index (χ0v) is 14.1. The van der Waals surface area contributed by atoms with E-state index in [1.165, 1.54) is 38.8 Å². The third-order valence-corrected chi connectivity index (χ3v) is 4.81. The van der Waals surface area contributed by atoms with E-state index in [1.54, 1.807) is 7.05 Å². The standard InChI is InChI=1S/C13H24N2O.Y/c1-3-15(10-6-4-5-7-11-15)13(8-9-13)12(16)14-2;/h3-11H2,1-2H3;/p+1. The molecule has 1 radical (unpaired) electrons. The molecule has 0 unspecified atom stereocenters. The maximum Gasteiger partial charge on any atom is 0.281 e. The van der Waals surface area contributed by atoms with Crippen LogP contribution in [0.4, 0.5) is 0 Å². The molecule has 0 atom stereocenters. The van der Waals surface area contributed by atoms with Gasteiger partial charge in [-0.3, -0.25) is 4.79 Å². The molecule has 1 aliphatic heterocycles. The van der Waals surface area contributed by atoms with Crippen molar-refractivity contribution in [3.63, 3.8) is 0 Å². The predicted molar refractivity (Wildman–Crippen MR) is 65.0 cm³/mol. The van der Waals surface area contributed by atoms with Crippen LogP contribution in [-0.4, -0.2) is 42.6 Å². The second-order valence-electron chi connectivity index (χ2n) is 5.43. The first-order valence-corrected chi connectivity index (χ1v) is 6.79. The van der Waals surface area contributed by atoms with E-state index in [2.05, 4.69) is 12.2 Å². The first kappa shape index (κ1) is 15.6. The number of hydrogen-bond acceptors (Lipinski definition) is 1. The summed E-state index contributed by atoms with van der Waals surface area (Å²) in [5.74, 6) is 0.288. The molecule has 3 nitrogen and oxygen atoms in total. The van der Waals surface area contributed by atoms with Crippen molar-refractivity contribution in [2.75, 3.05) is 26.7 Å². The van der Waals surface area contributed by atoms with Gasteiger partial charge in [0.25, 0.3) is 5.91 Å². The van der Waals surface area contributed by atoms with E-state index in [0.717, 1.165) is 23.9 Å². The van der Waals surface area contributed by atoms with E-state index in [9.17, 15) is 4.79 Å². The van der Waals surface area contributed by atoms with E-state index in [-0.39, 0.29) is 44.2 Å². The van der Waals surface area contributed by atoms with Crippen molar-refractivity contribution >= 4 is 5.91 Å². The van der Waals surface area contributed by atoms with Crippen LogP contribution in [0.2, 0.25) is 0 Å². The second kappa shape index (κ2) is 6.12. The molecule has 0 spiro atoms. The smallest absolute Gasteiger partial charge is 0.281 e. The van der Waals surface area contributed by atoms with Crippen molar-refractivity contribution in [1.29, 1.82) is 0 Å². The molecule has 2 rings (SSSR count). The van der Waals surface area contributed by atoms with Gasteiger partial charge in [-0.15, -0.1) is 0 Å². The van der Waals surface area contributed by atoms with E-state index in [4.69, 9.17) is 0 Å². The molecular formula is C13H25N2OY+. The Morgan fingerprint density at radius 3 is 2.06 bits per heavy atom. The van der Waals surface area contributed by atoms with Gasteiger partial charge >= 0.3 is 0 Å². The Bertz CT molecular complexity index is 269. The Morgan fingerprint density at radius 2 is 1.71 bits per heavy atom. The normalized spacial score (nSPS) is 25.3. The predicted octanol–water partition coefficient (Wildman–Crippen LogP) is 1.67. The van der Waals surface area contributed by atoms with Gasteiger partial charge in [-0.2, -0.15) is 0 Å². The molecule has 1 aliphatic carbocycles. The largest absolute Gasteiger partial charge is 0.354 e. The van der Waals surface area contributed by atoms with Crippen molar-refractivity contribution < 1.29 is 42.0 Å². The van der Waals surface area contributed by atoms with E-state index in [1.807, 2.05) is 0 Å². The Morgan fingerprint density at radius 1 is 1.18 bits per heavy atom. The van der Waals surface area contributed by atoms with Crippen LogP contribution in [0.1, 0.15) is 45.4 Å². The number of carbonyl (C=O) groups excluding carboxylic acids is 1. The van der Waals surface area contributed by atoms with Crippen LogP contribution < -0.4 is 5.32 Å². The minimum atomic E-state index is -0.0478. The van der Waals surface area contributed by atoms with Crippen LogP contribution in [-0.2, 0) is 37.5 Å². The number of quaternary nitrogens is 1. The Kier molecular flexibility index (Phi) is 5.61. The van der Waals surface area contributed by atoms with Crippen LogP contribution in [0, 0.1) is 0 Å². The fourth-order valence-corrected chi connectivity index (χ4v) is 3.61. The molecule has 1 heterocycles. The minimum Gasteiger partial charge on any atom is -0.354 e. The van der Waals surface area contributed by atoms with Gasteiger partial charge < -0.3 is 9.80 Å². The summed E-state index contributed by atoms with van der Waals surface area (Å²) in [5.41, 5.74) is -0.0478. The molecule has 0 aromatic carbocycles. The second-order valence-corrected chi connectivity index (χ2v) is 5.43. The molecule has 1 N–H and O–H groups in total. The average molecular weight is 314 g/mol. The molecule has 1 saturated carbocycles. The summed E-state index contributed by atoms with van der Waals surface area (Å²) >= 11 is 0. The number of amides is 1. The number of likely N-dealkylation sites (N-methyl/N-ethyl adjacent to an activating group) is 2. The summed E-state index contributed by atoms with van der Waals surface area (Å²) in [5, 5.41) is 2.89. The summed E-state index contributed by atoms with van der Waals surface area (Å²) in [4.78, 5) is 12.1. The topological polar surface area (TPSA) is 29.1 Å². The molecular weight excluding hydrogens is 289 g/mol. The molecule has 17 heavy (non-hydrogen) atoms. The van der Waals surface area contributed by atoms with Gasteiger partial charge in [0.1, 0.15) is 0 Å². The van der Waals surface area contributed by atoms with Gasteiger partial charge in [0.2, 0.25) is 0 Å². The fourth-order valence-electron chi connectivity index (χ4n) is 3.61. The number of hydrogen-bond donors (Lipinski definition) is 1. The van der Waals surface area contributed by atoms with Gasteiger partial charge in [0, 0.05) is 52.6 Å². The number of nitrogens with zero attached hydrogens (tertiary/aromatic N) is 1. The van der Waals surface area contributed by atoms with E-state index >= 15 is 0 Å². The van der Waals surface area contributed by atoms with Crippen LogP contribution in [0.15, 0.2) is 0 Å². The van der Waals surface area contributed by atoms with E-state index < -0.39 is 0 Å². The maximum absolute atomic E-state index is 12.1. The first-order chi connectivity index (χ1) is 7.71. The molecule has 0 bridgehead atoms. The summed E-state index contributed by atoms with van der Waals surface area (Å²) in [6, 6.07) is 0. The zero-order chi connectivity index (χ0) is 11.6. The molecule has 0 aromatic heterocycles. The third kappa shape index (κ3) is 2.62. The number of likely N-dealkylation sites (tertiary alicyclic amines) is 1. The average Bonchev–Trinajstić information content (AvgIpc) is 3.12. The third-order valence-electron chi connectivity index (χ3n) is 4.81. The number of carbonyl (C=O) groups is 1. The van der Waals surface area contributed by atoms with E-state index in [0.29, 0.717) is 0 Å². The van der Waals surface area contributed by atoms with Gasteiger partial charge in [0.05, 0.1) is 19.6 Å². The monoisotopic (exact) mass is 314 g/mol. The Labute approximate surface area is 130 Å². The van der Waals surface area contributed by atoms with Crippen LogP contribution in [0.3, 0.4) is 0 Å². The number of nitrogens with one attached hydrogen (secondary N) is 1. The molecule has 2 fully saturated rings. The molecule has 4 heteroatoms. The molecule has 95 valence electrons. The fraction of sp³-hybridized carbons (Fsp3) is 0.923. The molecule has 2 aliphatic rings. The van der Waals surface area contributed by atoms with Gasteiger partial charge in [-0.25, -0.2) is 0 Å². The quantitative estimate of drug-likeness (QED) is 0.789. The summed E-state index contributed by atoms with van der Waals surface area (Å²) in [6.45, 7) is 5.80. The van der Waals surface area contributed by atoms with Crippen molar-refractivity contribution in [2.24, 2.45) is 0 Å². The molecule has 1 amide bonds. The van der Waals surface area contributed by atoms with Crippen molar-refractivity contribution in [3.05, 3.63) is 0 Å².